The normalized spacial score (nSPS) is 10.1. The third-order valence-corrected chi connectivity index (χ3v) is 3.28. The largest absolute Gasteiger partial charge is 0.296 e. The molecule has 1 aromatic carbocycles. The lowest BCUT2D eigenvalue weighted by atomic mass is 10.2. The minimum Gasteiger partial charge on any atom is -0.296 e. The van der Waals surface area contributed by atoms with Crippen LogP contribution in [0.4, 0.5) is 10.8 Å². The number of rotatable bonds is 3. The molecular formula is C9H5BrN4O3S. The van der Waals surface area contributed by atoms with Crippen molar-refractivity contribution in [2.75, 3.05) is 5.32 Å². The molecule has 0 spiro atoms. The summed E-state index contributed by atoms with van der Waals surface area (Å²) in [5.41, 5.74) is 1.48. The highest BCUT2D eigenvalue weighted by molar-refractivity contribution is 9.10. The third-order valence-electron chi connectivity index (χ3n) is 1.99. The summed E-state index contributed by atoms with van der Waals surface area (Å²) in [6.07, 6.45) is 0. The first-order valence-electron chi connectivity index (χ1n) is 4.59. The fourth-order valence-corrected chi connectivity index (χ4v) is 2.06. The minimum absolute atomic E-state index is 0.152. The van der Waals surface area contributed by atoms with Gasteiger partial charge in [-0.15, -0.1) is 10.2 Å². The van der Waals surface area contributed by atoms with Gasteiger partial charge in [0.05, 0.1) is 10.5 Å². The van der Waals surface area contributed by atoms with Gasteiger partial charge in [0.2, 0.25) is 5.13 Å². The molecule has 0 fully saturated rings. The molecule has 0 aliphatic heterocycles. The van der Waals surface area contributed by atoms with Crippen molar-refractivity contribution in [2.45, 2.75) is 0 Å². The number of halogens is 1. The van der Waals surface area contributed by atoms with Gasteiger partial charge in [0.25, 0.3) is 11.6 Å². The van der Waals surface area contributed by atoms with E-state index in [9.17, 15) is 14.9 Å². The molecule has 0 aliphatic carbocycles. The SMILES string of the molecule is O=C(Nc1nncs1)c1cc([N+](=O)[O-])ccc1Br. The number of nitro benzene ring substituents is 1. The van der Waals surface area contributed by atoms with Gasteiger partial charge in [-0.05, 0) is 22.0 Å². The molecule has 0 unspecified atom stereocenters. The molecule has 9 heteroatoms. The first-order valence-corrected chi connectivity index (χ1v) is 6.26. The van der Waals surface area contributed by atoms with Crippen LogP contribution in [0.2, 0.25) is 0 Å². The average Bonchev–Trinajstić information content (AvgIpc) is 2.81. The molecule has 2 rings (SSSR count). The van der Waals surface area contributed by atoms with Gasteiger partial charge in [-0.2, -0.15) is 0 Å². The summed E-state index contributed by atoms with van der Waals surface area (Å²) >= 11 is 4.33. The van der Waals surface area contributed by atoms with Crippen LogP contribution in [-0.2, 0) is 0 Å². The van der Waals surface area contributed by atoms with Crippen LogP contribution in [0.25, 0.3) is 0 Å². The number of hydrogen-bond acceptors (Lipinski definition) is 6. The molecule has 0 radical (unpaired) electrons. The molecule has 1 heterocycles. The van der Waals surface area contributed by atoms with Crippen molar-refractivity contribution in [3.8, 4) is 0 Å². The van der Waals surface area contributed by atoms with Crippen LogP contribution < -0.4 is 5.32 Å². The van der Waals surface area contributed by atoms with Gasteiger partial charge in [-0.25, -0.2) is 0 Å². The molecule has 1 aromatic heterocycles. The van der Waals surface area contributed by atoms with Crippen LogP contribution in [0.1, 0.15) is 10.4 Å². The first-order chi connectivity index (χ1) is 8.58. The zero-order valence-electron chi connectivity index (χ0n) is 8.66. The summed E-state index contributed by atoms with van der Waals surface area (Å²) in [4.78, 5) is 22.0. The Hall–Kier alpha value is -1.87. The fraction of sp³-hybridized carbons (Fsp3) is 0. The average molecular weight is 329 g/mol. The summed E-state index contributed by atoms with van der Waals surface area (Å²) < 4.78 is 0.468. The maximum atomic E-state index is 11.9. The number of hydrogen-bond donors (Lipinski definition) is 1. The van der Waals surface area contributed by atoms with Gasteiger partial charge >= 0.3 is 0 Å². The lowest BCUT2D eigenvalue weighted by molar-refractivity contribution is -0.384. The maximum absolute atomic E-state index is 11.9. The van der Waals surface area contributed by atoms with E-state index in [1.54, 1.807) is 0 Å². The summed E-state index contributed by atoms with van der Waals surface area (Å²) in [6.45, 7) is 0. The predicted molar refractivity (Wildman–Crippen MR) is 68.7 cm³/mol. The van der Waals surface area contributed by atoms with Gasteiger partial charge < -0.3 is 0 Å². The van der Waals surface area contributed by atoms with Crippen LogP contribution in [0.15, 0.2) is 28.2 Å². The molecule has 0 bridgehead atoms. The smallest absolute Gasteiger partial charge is 0.270 e. The number of aromatic nitrogens is 2. The van der Waals surface area contributed by atoms with E-state index >= 15 is 0 Å². The number of non-ortho nitro benzene ring substituents is 1. The van der Waals surface area contributed by atoms with E-state index < -0.39 is 10.8 Å². The van der Waals surface area contributed by atoms with Crippen molar-refractivity contribution < 1.29 is 9.72 Å². The lowest BCUT2D eigenvalue weighted by Gasteiger charge is -2.03. The minimum atomic E-state index is -0.561. The summed E-state index contributed by atoms with van der Waals surface area (Å²) in [5, 5.41) is 20.7. The molecule has 7 nitrogen and oxygen atoms in total. The monoisotopic (exact) mass is 328 g/mol. The molecular weight excluding hydrogens is 324 g/mol. The summed E-state index contributed by atoms with van der Waals surface area (Å²) in [5.74, 6) is -0.484. The van der Waals surface area contributed by atoms with Gasteiger partial charge in [-0.3, -0.25) is 20.2 Å². The molecule has 0 saturated heterocycles. The topological polar surface area (TPSA) is 98.0 Å². The van der Waals surface area contributed by atoms with Gasteiger partial charge in [0, 0.05) is 16.6 Å². The second kappa shape index (κ2) is 5.19. The molecule has 0 atom stereocenters. The number of benzene rings is 1. The van der Waals surface area contributed by atoms with Crippen LogP contribution in [0.3, 0.4) is 0 Å². The number of amides is 1. The Morgan fingerprint density at radius 1 is 1.50 bits per heavy atom. The predicted octanol–water partition coefficient (Wildman–Crippen LogP) is 2.46. The highest BCUT2D eigenvalue weighted by Crippen LogP contribution is 2.23. The number of nitro groups is 1. The highest BCUT2D eigenvalue weighted by atomic mass is 79.9. The van der Waals surface area contributed by atoms with Crippen molar-refractivity contribution >= 4 is 44.0 Å². The van der Waals surface area contributed by atoms with Crippen molar-refractivity contribution in [3.05, 3.63) is 43.9 Å². The van der Waals surface area contributed by atoms with Crippen LogP contribution in [0.5, 0.6) is 0 Å². The van der Waals surface area contributed by atoms with Crippen molar-refractivity contribution in [1.82, 2.24) is 10.2 Å². The Kier molecular flexibility index (Phi) is 3.63. The molecule has 18 heavy (non-hydrogen) atoms. The number of carbonyl (C=O) groups excluding carboxylic acids is 1. The van der Waals surface area contributed by atoms with Gasteiger partial charge in [0.1, 0.15) is 5.51 Å². The molecule has 1 amide bonds. The van der Waals surface area contributed by atoms with Crippen molar-refractivity contribution in [3.63, 3.8) is 0 Å². The Morgan fingerprint density at radius 3 is 2.89 bits per heavy atom. The second-order valence-corrected chi connectivity index (χ2v) is 4.81. The summed E-state index contributed by atoms with van der Waals surface area (Å²) in [7, 11) is 0. The molecule has 0 aliphatic rings. The van der Waals surface area contributed by atoms with E-state index in [1.165, 1.54) is 23.7 Å². The van der Waals surface area contributed by atoms with E-state index in [4.69, 9.17) is 0 Å². The van der Waals surface area contributed by atoms with E-state index in [-0.39, 0.29) is 11.3 Å². The quantitative estimate of drug-likeness (QED) is 0.689. The van der Waals surface area contributed by atoms with E-state index in [2.05, 4.69) is 31.4 Å². The van der Waals surface area contributed by atoms with Crippen molar-refractivity contribution in [1.29, 1.82) is 0 Å². The van der Waals surface area contributed by atoms with E-state index in [1.807, 2.05) is 0 Å². The Bertz CT molecular complexity index is 602. The fourth-order valence-electron chi connectivity index (χ4n) is 1.19. The molecule has 0 saturated carbocycles. The Labute approximate surface area is 113 Å². The molecule has 2 aromatic rings. The zero-order chi connectivity index (χ0) is 13.1. The first kappa shape index (κ1) is 12.6. The lowest BCUT2D eigenvalue weighted by Crippen LogP contribution is -2.12. The zero-order valence-corrected chi connectivity index (χ0v) is 11.1. The van der Waals surface area contributed by atoms with Crippen LogP contribution in [0, 0.1) is 10.1 Å². The Morgan fingerprint density at radius 2 is 2.28 bits per heavy atom. The third kappa shape index (κ3) is 2.68. The molecule has 1 N–H and O–H groups in total. The Balaban J connectivity index is 2.29. The second-order valence-electron chi connectivity index (χ2n) is 3.12. The maximum Gasteiger partial charge on any atom is 0.270 e. The number of nitrogens with zero attached hydrogens (tertiary/aromatic N) is 3. The number of nitrogens with one attached hydrogen (secondary N) is 1. The van der Waals surface area contributed by atoms with E-state index in [0.29, 0.717) is 9.60 Å². The summed E-state index contributed by atoms with van der Waals surface area (Å²) in [6, 6.07) is 3.96. The number of anilines is 1. The van der Waals surface area contributed by atoms with Gasteiger partial charge in [0.15, 0.2) is 0 Å². The van der Waals surface area contributed by atoms with Crippen LogP contribution in [-0.4, -0.2) is 21.0 Å². The standard InChI is InChI=1S/C9H5BrN4O3S/c10-7-2-1-5(14(16)17)3-6(7)8(15)12-9-13-11-4-18-9/h1-4H,(H,12,13,15). The van der Waals surface area contributed by atoms with Gasteiger partial charge in [-0.1, -0.05) is 11.3 Å². The van der Waals surface area contributed by atoms with Crippen molar-refractivity contribution in [2.24, 2.45) is 0 Å². The number of carbonyl (C=O) groups is 1. The molecule has 92 valence electrons. The van der Waals surface area contributed by atoms with Crippen LogP contribution >= 0.6 is 27.3 Å². The van der Waals surface area contributed by atoms with E-state index in [0.717, 1.165) is 11.3 Å². The highest BCUT2D eigenvalue weighted by Gasteiger charge is 2.16.